The first kappa shape index (κ1) is 13.3. The summed E-state index contributed by atoms with van der Waals surface area (Å²) in [6.45, 7) is 2.52. The number of aliphatic hydroxyl groups excluding tert-OH is 1. The van der Waals surface area contributed by atoms with Gasteiger partial charge in [0.1, 0.15) is 0 Å². The Labute approximate surface area is 100 Å². The molecule has 1 aromatic carbocycles. The zero-order valence-corrected chi connectivity index (χ0v) is 9.81. The van der Waals surface area contributed by atoms with E-state index in [1.807, 2.05) is 6.92 Å². The van der Waals surface area contributed by atoms with E-state index in [0.29, 0.717) is 18.1 Å². The number of benzene rings is 1. The van der Waals surface area contributed by atoms with Gasteiger partial charge in [0.25, 0.3) is 0 Å². The number of ether oxygens (including phenoxy) is 2. The lowest BCUT2D eigenvalue weighted by Crippen LogP contribution is -2.14. The SMILES string of the molecule is CCOc1cc(CO)ccc1OCCC(N)=O. The molecule has 0 saturated heterocycles. The standard InChI is InChI=1S/C12H17NO4/c1-2-16-11-7-9(8-14)3-4-10(11)17-6-5-12(13)15/h3-4,7,14H,2,5-6,8H2,1H3,(H2,13,15). The van der Waals surface area contributed by atoms with Crippen LogP contribution in [0.25, 0.3) is 0 Å². The number of rotatable bonds is 7. The Morgan fingerprint density at radius 3 is 2.71 bits per heavy atom. The van der Waals surface area contributed by atoms with Crippen molar-refractivity contribution in [3.05, 3.63) is 23.8 Å². The zero-order chi connectivity index (χ0) is 12.7. The number of carbonyl (C=O) groups is 1. The molecule has 1 aromatic rings. The molecule has 0 aliphatic carbocycles. The maximum atomic E-state index is 10.6. The maximum Gasteiger partial charge on any atom is 0.220 e. The highest BCUT2D eigenvalue weighted by Gasteiger charge is 2.06. The van der Waals surface area contributed by atoms with Gasteiger partial charge in [0, 0.05) is 0 Å². The number of amides is 1. The van der Waals surface area contributed by atoms with E-state index in [1.165, 1.54) is 0 Å². The Bertz CT molecular complexity index is 379. The first-order valence-electron chi connectivity index (χ1n) is 5.45. The minimum atomic E-state index is -0.407. The number of hydrogen-bond acceptors (Lipinski definition) is 4. The Kier molecular flexibility index (Phi) is 5.29. The summed E-state index contributed by atoms with van der Waals surface area (Å²) in [5, 5.41) is 9.01. The van der Waals surface area contributed by atoms with Crippen molar-refractivity contribution < 1.29 is 19.4 Å². The van der Waals surface area contributed by atoms with Crippen molar-refractivity contribution in [1.29, 1.82) is 0 Å². The Morgan fingerprint density at radius 1 is 1.35 bits per heavy atom. The van der Waals surface area contributed by atoms with Gasteiger partial charge in [0.05, 0.1) is 26.2 Å². The van der Waals surface area contributed by atoms with Crippen LogP contribution in [0.1, 0.15) is 18.9 Å². The molecule has 1 amide bonds. The molecular weight excluding hydrogens is 222 g/mol. The molecule has 0 heterocycles. The Morgan fingerprint density at radius 2 is 2.12 bits per heavy atom. The van der Waals surface area contributed by atoms with Gasteiger partial charge in [0.2, 0.25) is 5.91 Å². The second-order valence-electron chi connectivity index (χ2n) is 3.44. The number of primary amides is 1. The molecule has 0 unspecified atom stereocenters. The van der Waals surface area contributed by atoms with E-state index in [2.05, 4.69) is 0 Å². The summed E-state index contributed by atoms with van der Waals surface area (Å²) in [6, 6.07) is 5.16. The molecule has 0 radical (unpaired) electrons. The van der Waals surface area contributed by atoms with Gasteiger partial charge in [-0.25, -0.2) is 0 Å². The van der Waals surface area contributed by atoms with Crippen molar-refractivity contribution in [2.45, 2.75) is 20.0 Å². The second kappa shape index (κ2) is 6.75. The minimum absolute atomic E-state index is 0.0539. The van der Waals surface area contributed by atoms with Gasteiger partial charge in [-0.3, -0.25) is 4.79 Å². The van der Waals surface area contributed by atoms with Crippen molar-refractivity contribution in [1.82, 2.24) is 0 Å². The molecule has 0 spiro atoms. The van der Waals surface area contributed by atoms with E-state index in [1.54, 1.807) is 18.2 Å². The zero-order valence-electron chi connectivity index (χ0n) is 9.81. The fourth-order valence-corrected chi connectivity index (χ4v) is 1.30. The lowest BCUT2D eigenvalue weighted by atomic mass is 10.2. The average molecular weight is 239 g/mol. The third-order valence-corrected chi connectivity index (χ3v) is 2.10. The molecule has 0 saturated carbocycles. The highest BCUT2D eigenvalue weighted by atomic mass is 16.5. The van der Waals surface area contributed by atoms with Crippen LogP contribution < -0.4 is 15.2 Å². The van der Waals surface area contributed by atoms with Crippen molar-refractivity contribution in [3.8, 4) is 11.5 Å². The molecule has 94 valence electrons. The predicted octanol–water partition coefficient (Wildman–Crippen LogP) is 0.832. The molecule has 0 aliphatic heterocycles. The van der Waals surface area contributed by atoms with Crippen LogP contribution in [-0.4, -0.2) is 24.2 Å². The van der Waals surface area contributed by atoms with Crippen LogP contribution in [0.15, 0.2) is 18.2 Å². The van der Waals surface area contributed by atoms with E-state index in [0.717, 1.165) is 5.56 Å². The molecule has 5 nitrogen and oxygen atoms in total. The van der Waals surface area contributed by atoms with Gasteiger partial charge in [-0.15, -0.1) is 0 Å². The van der Waals surface area contributed by atoms with Crippen LogP contribution >= 0.6 is 0 Å². The molecule has 1 rings (SSSR count). The lowest BCUT2D eigenvalue weighted by Gasteiger charge is -2.12. The third kappa shape index (κ3) is 4.32. The summed E-state index contributed by atoms with van der Waals surface area (Å²) in [6.07, 6.45) is 0.160. The van der Waals surface area contributed by atoms with Crippen LogP contribution in [-0.2, 0) is 11.4 Å². The summed E-state index contributed by atoms with van der Waals surface area (Å²) in [7, 11) is 0. The monoisotopic (exact) mass is 239 g/mol. The van der Waals surface area contributed by atoms with Crippen molar-refractivity contribution >= 4 is 5.91 Å². The average Bonchev–Trinajstić information content (AvgIpc) is 2.31. The van der Waals surface area contributed by atoms with Gasteiger partial charge in [-0.05, 0) is 24.6 Å². The van der Waals surface area contributed by atoms with E-state index in [-0.39, 0.29) is 19.6 Å². The second-order valence-corrected chi connectivity index (χ2v) is 3.44. The van der Waals surface area contributed by atoms with Crippen LogP contribution in [0, 0.1) is 0 Å². The molecule has 3 N–H and O–H groups in total. The lowest BCUT2D eigenvalue weighted by molar-refractivity contribution is -0.118. The van der Waals surface area contributed by atoms with E-state index in [4.69, 9.17) is 20.3 Å². The summed E-state index contributed by atoms with van der Waals surface area (Å²) < 4.78 is 10.8. The fraction of sp³-hybridized carbons (Fsp3) is 0.417. The van der Waals surface area contributed by atoms with Gasteiger partial charge in [-0.1, -0.05) is 6.07 Å². The van der Waals surface area contributed by atoms with E-state index < -0.39 is 5.91 Å². The molecule has 0 bridgehead atoms. The molecular formula is C12H17NO4. The fourth-order valence-electron chi connectivity index (χ4n) is 1.30. The molecule has 0 aliphatic rings. The summed E-state index contributed by atoms with van der Waals surface area (Å²) >= 11 is 0. The van der Waals surface area contributed by atoms with Crippen LogP contribution in [0.2, 0.25) is 0 Å². The van der Waals surface area contributed by atoms with Crippen LogP contribution in [0.5, 0.6) is 11.5 Å². The number of aliphatic hydroxyl groups is 1. The van der Waals surface area contributed by atoms with Gasteiger partial charge in [-0.2, -0.15) is 0 Å². The largest absolute Gasteiger partial charge is 0.490 e. The Balaban J connectivity index is 2.71. The van der Waals surface area contributed by atoms with Gasteiger partial charge in [0.15, 0.2) is 11.5 Å². The highest BCUT2D eigenvalue weighted by molar-refractivity contribution is 5.73. The van der Waals surface area contributed by atoms with Gasteiger partial charge >= 0.3 is 0 Å². The Hall–Kier alpha value is -1.75. The molecule has 0 aromatic heterocycles. The van der Waals surface area contributed by atoms with E-state index in [9.17, 15) is 4.79 Å². The molecule has 5 heteroatoms. The maximum absolute atomic E-state index is 10.6. The third-order valence-electron chi connectivity index (χ3n) is 2.10. The van der Waals surface area contributed by atoms with Gasteiger partial charge < -0.3 is 20.3 Å². The van der Waals surface area contributed by atoms with Crippen molar-refractivity contribution in [2.75, 3.05) is 13.2 Å². The molecule has 0 atom stereocenters. The van der Waals surface area contributed by atoms with Crippen LogP contribution in [0.3, 0.4) is 0 Å². The van der Waals surface area contributed by atoms with Crippen molar-refractivity contribution in [2.24, 2.45) is 5.73 Å². The number of carbonyl (C=O) groups excluding carboxylic acids is 1. The number of nitrogens with two attached hydrogens (primary N) is 1. The summed E-state index contributed by atoms with van der Waals surface area (Å²) in [5.41, 5.74) is 5.76. The summed E-state index contributed by atoms with van der Waals surface area (Å²) in [4.78, 5) is 10.6. The predicted molar refractivity (Wildman–Crippen MR) is 62.8 cm³/mol. The summed E-state index contributed by atoms with van der Waals surface area (Å²) in [5.74, 6) is 0.698. The molecule has 0 fully saturated rings. The first-order chi connectivity index (χ1) is 8.17. The van der Waals surface area contributed by atoms with E-state index >= 15 is 0 Å². The van der Waals surface area contributed by atoms with Crippen LogP contribution in [0.4, 0.5) is 0 Å². The first-order valence-corrected chi connectivity index (χ1v) is 5.45. The topological polar surface area (TPSA) is 81.8 Å². The molecule has 17 heavy (non-hydrogen) atoms. The highest BCUT2D eigenvalue weighted by Crippen LogP contribution is 2.28. The van der Waals surface area contributed by atoms with Crippen molar-refractivity contribution in [3.63, 3.8) is 0 Å². The smallest absolute Gasteiger partial charge is 0.220 e. The number of hydrogen-bond donors (Lipinski definition) is 2. The quantitative estimate of drug-likeness (QED) is 0.738. The minimum Gasteiger partial charge on any atom is -0.490 e. The normalized spacial score (nSPS) is 10.0.